The number of amides is 1. The van der Waals surface area contributed by atoms with Crippen LogP contribution >= 0.6 is 11.8 Å². The van der Waals surface area contributed by atoms with Gasteiger partial charge in [0.05, 0.1) is 17.3 Å². The molecule has 0 unspecified atom stereocenters. The van der Waals surface area contributed by atoms with Crippen LogP contribution in [0.25, 0.3) is 0 Å². The molecule has 9 heteroatoms. The van der Waals surface area contributed by atoms with Gasteiger partial charge in [0.15, 0.2) is 15.0 Å². The molecule has 134 valence electrons. The summed E-state index contributed by atoms with van der Waals surface area (Å²) in [4.78, 5) is 12.0. The maximum absolute atomic E-state index is 12.0. The topological polar surface area (TPSA) is 93.9 Å². The largest absolute Gasteiger partial charge is 0.352 e. The maximum Gasteiger partial charge on any atom is 0.230 e. The molecule has 1 atom stereocenters. The van der Waals surface area contributed by atoms with Crippen molar-refractivity contribution in [3.8, 4) is 0 Å². The molecule has 0 radical (unpaired) electrons. The van der Waals surface area contributed by atoms with Gasteiger partial charge >= 0.3 is 0 Å². The number of carbonyl (C=O) groups is 1. The fraction of sp³-hybridized carbons (Fsp3) is 0.438. The Morgan fingerprint density at radius 2 is 2.08 bits per heavy atom. The first kappa shape index (κ1) is 17.9. The fourth-order valence-corrected chi connectivity index (χ4v) is 5.13. The van der Waals surface area contributed by atoms with Crippen molar-refractivity contribution in [2.24, 2.45) is 7.05 Å². The Kier molecular flexibility index (Phi) is 5.43. The lowest BCUT2D eigenvalue weighted by molar-refractivity contribution is -0.119. The summed E-state index contributed by atoms with van der Waals surface area (Å²) in [5.74, 6) is 1.02. The van der Waals surface area contributed by atoms with E-state index in [9.17, 15) is 13.2 Å². The van der Waals surface area contributed by atoms with Gasteiger partial charge in [-0.3, -0.25) is 4.79 Å². The third-order valence-electron chi connectivity index (χ3n) is 4.06. The molecule has 1 aliphatic rings. The van der Waals surface area contributed by atoms with Gasteiger partial charge in [0, 0.05) is 19.5 Å². The Morgan fingerprint density at radius 3 is 2.76 bits per heavy atom. The van der Waals surface area contributed by atoms with Crippen LogP contribution in [0.5, 0.6) is 0 Å². The maximum atomic E-state index is 12.0. The zero-order chi connectivity index (χ0) is 17.9. The highest BCUT2D eigenvalue weighted by atomic mass is 32.2. The van der Waals surface area contributed by atoms with Crippen LogP contribution in [-0.2, 0) is 28.1 Å². The van der Waals surface area contributed by atoms with Crippen molar-refractivity contribution in [1.29, 1.82) is 0 Å². The van der Waals surface area contributed by atoms with Crippen molar-refractivity contribution < 1.29 is 13.2 Å². The molecular formula is C16H20N4O3S2. The number of hydrogen-bond donors (Lipinski definition) is 1. The Balaban J connectivity index is 1.52. The summed E-state index contributed by atoms with van der Waals surface area (Å²) >= 11 is 1.30. The predicted molar refractivity (Wildman–Crippen MR) is 96.2 cm³/mol. The molecule has 2 aromatic rings. The molecule has 25 heavy (non-hydrogen) atoms. The van der Waals surface area contributed by atoms with Gasteiger partial charge in [-0.2, -0.15) is 0 Å². The third kappa shape index (κ3) is 4.82. The second-order valence-electron chi connectivity index (χ2n) is 6.08. The van der Waals surface area contributed by atoms with Gasteiger partial charge in [0.1, 0.15) is 5.82 Å². The number of sulfone groups is 1. The van der Waals surface area contributed by atoms with E-state index in [0.717, 1.165) is 11.4 Å². The molecule has 2 heterocycles. The second-order valence-corrected chi connectivity index (χ2v) is 9.25. The summed E-state index contributed by atoms with van der Waals surface area (Å²) in [6.07, 6.45) is 1.17. The third-order valence-corrected chi connectivity index (χ3v) is 6.85. The smallest absolute Gasteiger partial charge is 0.230 e. The van der Waals surface area contributed by atoms with E-state index in [0.29, 0.717) is 18.0 Å². The molecular weight excluding hydrogens is 360 g/mol. The lowest BCUT2D eigenvalue weighted by Crippen LogP contribution is -2.36. The zero-order valence-corrected chi connectivity index (χ0v) is 15.5. The molecule has 7 nitrogen and oxygen atoms in total. The minimum atomic E-state index is -2.99. The molecule has 1 fully saturated rings. The number of carbonyl (C=O) groups excluding carboxylic acids is 1. The van der Waals surface area contributed by atoms with E-state index in [4.69, 9.17) is 0 Å². The number of benzene rings is 1. The molecule has 1 N–H and O–H groups in total. The summed E-state index contributed by atoms with van der Waals surface area (Å²) in [5, 5.41) is 11.8. The summed E-state index contributed by atoms with van der Waals surface area (Å²) < 4.78 is 24.7. The van der Waals surface area contributed by atoms with Gasteiger partial charge in [-0.25, -0.2) is 8.42 Å². The number of nitrogens with zero attached hydrogens (tertiary/aromatic N) is 3. The molecule has 1 amide bonds. The molecule has 0 spiro atoms. The Labute approximate surface area is 151 Å². The minimum Gasteiger partial charge on any atom is -0.352 e. The van der Waals surface area contributed by atoms with Gasteiger partial charge in [-0.05, 0) is 12.0 Å². The second kappa shape index (κ2) is 7.57. The van der Waals surface area contributed by atoms with Gasteiger partial charge in [-0.1, -0.05) is 42.1 Å². The average molecular weight is 380 g/mol. The first-order valence-electron chi connectivity index (χ1n) is 7.98. The van der Waals surface area contributed by atoms with E-state index in [1.807, 2.05) is 41.9 Å². The monoisotopic (exact) mass is 380 g/mol. The zero-order valence-electron chi connectivity index (χ0n) is 13.9. The molecule has 0 aliphatic carbocycles. The molecule has 1 aliphatic heterocycles. The van der Waals surface area contributed by atoms with E-state index in [1.165, 1.54) is 11.8 Å². The van der Waals surface area contributed by atoms with Crippen molar-refractivity contribution in [3.05, 3.63) is 41.7 Å². The van der Waals surface area contributed by atoms with Crippen LogP contribution in [0.4, 0.5) is 0 Å². The van der Waals surface area contributed by atoms with Gasteiger partial charge in [-0.15, -0.1) is 10.2 Å². The Bertz CT molecular complexity index is 850. The van der Waals surface area contributed by atoms with Crippen LogP contribution in [0.1, 0.15) is 17.8 Å². The lowest BCUT2D eigenvalue weighted by atomic mass is 10.1. The number of thioether (sulfide) groups is 1. The van der Waals surface area contributed by atoms with E-state index in [1.54, 1.807) is 0 Å². The number of aromatic nitrogens is 3. The number of nitrogens with one attached hydrogen (secondary N) is 1. The minimum absolute atomic E-state index is 0.0363. The molecule has 0 saturated carbocycles. The average Bonchev–Trinajstić information content (AvgIpc) is 3.09. The van der Waals surface area contributed by atoms with Crippen LogP contribution in [0.3, 0.4) is 0 Å². The Hall–Kier alpha value is -1.87. The van der Waals surface area contributed by atoms with Crippen LogP contribution in [0.15, 0.2) is 35.5 Å². The standard InChI is InChI=1S/C16H20N4O3S2/c1-20-14(9-12-5-3-2-4-6-12)18-19-16(20)24-10-15(21)17-13-7-8-25(22,23)11-13/h2-6,13H,7-11H2,1H3,(H,17,21)/t13-/m0/s1. The van der Waals surface area contributed by atoms with Crippen molar-refractivity contribution in [1.82, 2.24) is 20.1 Å². The highest BCUT2D eigenvalue weighted by Crippen LogP contribution is 2.18. The van der Waals surface area contributed by atoms with Crippen LogP contribution in [0, 0.1) is 0 Å². The number of rotatable bonds is 6. The summed E-state index contributed by atoms with van der Waals surface area (Å²) in [6.45, 7) is 0. The lowest BCUT2D eigenvalue weighted by Gasteiger charge is -2.10. The van der Waals surface area contributed by atoms with Crippen LogP contribution in [-0.4, -0.2) is 52.4 Å². The van der Waals surface area contributed by atoms with Crippen molar-refractivity contribution >= 4 is 27.5 Å². The number of hydrogen-bond acceptors (Lipinski definition) is 6. The van der Waals surface area contributed by atoms with E-state index in [-0.39, 0.29) is 29.2 Å². The molecule has 1 aromatic heterocycles. The van der Waals surface area contributed by atoms with Gasteiger partial charge < -0.3 is 9.88 Å². The summed E-state index contributed by atoms with van der Waals surface area (Å²) in [5.41, 5.74) is 1.15. The summed E-state index contributed by atoms with van der Waals surface area (Å²) in [6, 6.07) is 9.72. The molecule has 3 rings (SSSR count). The quantitative estimate of drug-likeness (QED) is 0.745. The highest BCUT2D eigenvalue weighted by Gasteiger charge is 2.28. The van der Waals surface area contributed by atoms with Gasteiger partial charge in [0.25, 0.3) is 0 Å². The molecule has 1 aromatic carbocycles. The summed E-state index contributed by atoms with van der Waals surface area (Å²) in [7, 11) is -1.11. The normalized spacial score (nSPS) is 19.0. The van der Waals surface area contributed by atoms with E-state index < -0.39 is 9.84 Å². The van der Waals surface area contributed by atoms with Gasteiger partial charge in [0.2, 0.25) is 5.91 Å². The van der Waals surface area contributed by atoms with Crippen molar-refractivity contribution in [2.75, 3.05) is 17.3 Å². The van der Waals surface area contributed by atoms with Crippen LogP contribution in [0.2, 0.25) is 0 Å². The van der Waals surface area contributed by atoms with Crippen molar-refractivity contribution in [2.45, 2.75) is 24.0 Å². The van der Waals surface area contributed by atoms with E-state index >= 15 is 0 Å². The SMILES string of the molecule is Cn1c(Cc2ccccc2)nnc1SCC(=O)N[C@H]1CCS(=O)(=O)C1. The van der Waals surface area contributed by atoms with Crippen LogP contribution < -0.4 is 5.32 Å². The highest BCUT2D eigenvalue weighted by molar-refractivity contribution is 7.99. The fourth-order valence-electron chi connectivity index (χ4n) is 2.71. The predicted octanol–water partition coefficient (Wildman–Crippen LogP) is 0.801. The first-order valence-corrected chi connectivity index (χ1v) is 10.8. The first-order chi connectivity index (χ1) is 11.9. The molecule has 0 bridgehead atoms. The van der Waals surface area contributed by atoms with E-state index in [2.05, 4.69) is 15.5 Å². The Morgan fingerprint density at radius 1 is 1.32 bits per heavy atom. The van der Waals surface area contributed by atoms with Crippen molar-refractivity contribution in [3.63, 3.8) is 0 Å². The molecule has 1 saturated heterocycles.